The minimum absolute atomic E-state index is 1.14. The van der Waals surface area contributed by atoms with Gasteiger partial charge in [0.25, 0.3) is 0 Å². The summed E-state index contributed by atoms with van der Waals surface area (Å²) in [5.74, 6) is 0. The maximum absolute atomic E-state index is 2.32. The van der Waals surface area contributed by atoms with Crippen LogP contribution in [0.2, 0.25) is 0 Å². The van der Waals surface area contributed by atoms with E-state index in [1.54, 1.807) is 0 Å². The van der Waals surface area contributed by atoms with Gasteiger partial charge < -0.3 is 4.90 Å². The van der Waals surface area contributed by atoms with Gasteiger partial charge in [-0.2, -0.15) is 0 Å². The van der Waals surface area contributed by atoms with Gasteiger partial charge in [0.1, 0.15) is 0 Å². The van der Waals surface area contributed by atoms with Gasteiger partial charge in [-0.15, -0.1) is 0 Å². The molecule has 0 bridgehead atoms. The van der Waals surface area contributed by atoms with Crippen molar-refractivity contribution in [2.24, 2.45) is 0 Å². The molecule has 156 valence electrons. The van der Waals surface area contributed by atoms with Crippen LogP contribution in [0.4, 0.5) is 17.1 Å². The van der Waals surface area contributed by atoms with E-state index < -0.39 is 0 Å². The molecule has 0 unspecified atom stereocenters. The van der Waals surface area contributed by atoms with Gasteiger partial charge in [0.15, 0.2) is 0 Å². The highest BCUT2D eigenvalue weighted by molar-refractivity contribution is 5.97. The van der Waals surface area contributed by atoms with Crippen molar-refractivity contribution >= 4 is 38.6 Å². The fourth-order valence-corrected chi connectivity index (χ4v) is 4.61. The summed E-state index contributed by atoms with van der Waals surface area (Å²) >= 11 is 0. The van der Waals surface area contributed by atoms with Crippen molar-refractivity contribution in [1.82, 2.24) is 0 Å². The van der Waals surface area contributed by atoms with Crippen LogP contribution in [0.15, 0.2) is 140 Å². The Morgan fingerprint density at radius 3 is 1.79 bits per heavy atom. The summed E-state index contributed by atoms with van der Waals surface area (Å²) in [4.78, 5) is 2.32. The van der Waals surface area contributed by atoms with Gasteiger partial charge in [-0.05, 0) is 69.1 Å². The van der Waals surface area contributed by atoms with Crippen LogP contribution in [0, 0.1) is 0 Å². The Hall–Kier alpha value is -4.36. The SMILES string of the molecule is c1ccc(N(c2ccc(-c3cccc4ccccc34)cc2)c2ccc3ccccc3c2)cc1. The molecule has 6 rings (SSSR count). The highest BCUT2D eigenvalue weighted by Crippen LogP contribution is 2.37. The summed E-state index contributed by atoms with van der Waals surface area (Å²) in [6.07, 6.45) is 0. The second-order valence-corrected chi connectivity index (χ2v) is 8.28. The molecule has 0 atom stereocenters. The second kappa shape index (κ2) is 8.29. The van der Waals surface area contributed by atoms with Crippen LogP contribution in [0.3, 0.4) is 0 Å². The lowest BCUT2D eigenvalue weighted by atomic mass is 9.98. The van der Waals surface area contributed by atoms with Gasteiger partial charge in [0.05, 0.1) is 0 Å². The number of nitrogens with zero attached hydrogens (tertiary/aromatic N) is 1. The summed E-state index contributed by atoms with van der Waals surface area (Å²) in [7, 11) is 0. The summed E-state index contributed by atoms with van der Waals surface area (Å²) in [6.45, 7) is 0. The van der Waals surface area contributed by atoms with E-state index in [-0.39, 0.29) is 0 Å². The van der Waals surface area contributed by atoms with E-state index in [1.807, 2.05) is 0 Å². The molecular formula is C32H23N. The Kier molecular flexibility index (Phi) is 4.86. The minimum Gasteiger partial charge on any atom is -0.310 e. The van der Waals surface area contributed by atoms with Gasteiger partial charge in [0.2, 0.25) is 0 Å². The van der Waals surface area contributed by atoms with Crippen molar-refractivity contribution in [2.45, 2.75) is 0 Å². The van der Waals surface area contributed by atoms with Crippen LogP contribution in [0.5, 0.6) is 0 Å². The molecule has 0 heterocycles. The molecule has 0 aromatic heterocycles. The molecule has 0 aliphatic carbocycles. The smallest absolute Gasteiger partial charge is 0.0468 e. The normalized spacial score (nSPS) is 11.0. The molecule has 33 heavy (non-hydrogen) atoms. The first-order chi connectivity index (χ1) is 16.4. The van der Waals surface area contributed by atoms with E-state index in [0.29, 0.717) is 0 Å². The molecule has 6 aromatic rings. The number of hydrogen-bond acceptors (Lipinski definition) is 1. The summed E-state index contributed by atoms with van der Waals surface area (Å²) in [6, 6.07) is 49.7. The van der Waals surface area contributed by atoms with Crippen LogP contribution in [0.25, 0.3) is 32.7 Å². The third-order valence-electron chi connectivity index (χ3n) is 6.23. The molecule has 0 N–H and O–H groups in total. The largest absolute Gasteiger partial charge is 0.310 e. The van der Waals surface area contributed by atoms with Crippen molar-refractivity contribution in [2.75, 3.05) is 4.90 Å². The first-order valence-corrected chi connectivity index (χ1v) is 11.3. The van der Waals surface area contributed by atoms with Gasteiger partial charge in [0, 0.05) is 17.1 Å². The average Bonchev–Trinajstić information content (AvgIpc) is 2.89. The lowest BCUT2D eigenvalue weighted by Crippen LogP contribution is -2.09. The quantitative estimate of drug-likeness (QED) is 0.274. The zero-order chi connectivity index (χ0) is 22.0. The molecule has 0 aliphatic rings. The molecular weight excluding hydrogens is 398 g/mol. The Morgan fingerprint density at radius 2 is 0.970 bits per heavy atom. The highest BCUT2D eigenvalue weighted by atomic mass is 15.1. The molecule has 6 aromatic carbocycles. The third-order valence-corrected chi connectivity index (χ3v) is 6.23. The van der Waals surface area contributed by atoms with Crippen LogP contribution in [0.1, 0.15) is 0 Å². The fraction of sp³-hybridized carbons (Fsp3) is 0. The number of hydrogen-bond donors (Lipinski definition) is 0. The lowest BCUT2D eigenvalue weighted by Gasteiger charge is -2.26. The van der Waals surface area contributed by atoms with Crippen molar-refractivity contribution in [1.29, 1.82) is 0 Å². The second-order valence-electron chi connectivity index (χ2n) is 8.28. The topological polar surface area (TPSA) is 3.24 Å². The molecule has 1 nitrogen and oxygen atoms in total. The minimum atomic E-state index is 1.14. The van der Waals surface area contributed by atoms with Crippen LogP contribution in [-0.2, 0) is 0 Å². The number of para-hydroxylation sites is 1. The van der Waals surface area contributed by atoms with Crippen molar-refractivity contribution in [3.05, 3.63) is 140 Å². The number of rotatable bonds is 4. The van der Waals surface area contributed by atoms with Crippen LogP contribution >= 0.6 is 0 Å². The van der Waals surface area contributed by atoms with Crippen LogP contribution in [-0.4, -0.2) is 0 Å². The van der Waals surface area contributed by atoms with Gasteiger partial charge in [-0.25, -0.2) is 0 Å². The van der Waals surface area contributed by atoms with Crippen molar-refractivity contribution in [3.63, 3.8) is 0 Å². The first kappa shape index (κ1) is 19.3. The summed E-state index contributed by atoms with van der Waals surface area (Å²) in [5.41, 5.74) is 5.92. The Balaban J connectivity index is 1.46. The van der Waals surface area contributed by atoms with E-state index in [4.69, 9.17) is 0 Å². The first-order valence-electron chi connectivity index (χ1n) is 11.3. The van der Waals surface area contributed by atoms with E-state index in [2.05, 4.69) is 144 Å². The third kappa shape index (κ3) is 3.64. The molecule has 0 saturated heterocycles. The average molecular weight is 422 g/mol. The maximum atomic E-state index is 2.32. The molecule has 0 spiro atoms. The van der Waals surface area contributed by atoms with Gasteiger partial charge >= 0.3 is 0 Å². The summed E-state index contributed by atoms with van der Waals surface area (Å²) < 4.78 is 0. The fourth-order valence-electron chi connectivity index (χ4n) is 4.61. The monoisotopic (exact) mass is 421 g/mol. The van der Waals surface area contributed by atoms with Crippen molar-refractivity contribution in [3.8, 4) is 11.1 Å². The lowest BCUT2D eigenvalue weighted by molar-refractivity contribution is 1.29. The predicted octanol–water partition coefficient (Wildman–Crippen LogP) is 9.13. The zero-order valence-electron chi connectivity index (χ0n) is 18.2. The maximum Gasteiger partial charge on any atom is 0.0468 e. The van der Waals surface area contributed by atoms with Crippen molar-refractivity contribution < 1.29 is 0 Å². The molecule has 0 fully saturated rings. The standard InChI is InChI=1S/C32H23N/c1-2-13-28(14-3-1)33(30-22-17-24-9-4-5-11-27(24)23-30)29-20-18-26(19-21-29)32-16-8-12-25-10-6-7-15-31(25)32/h1-23H. The summed E-state index contributed by atoms with van der Waals surface area (Å²) in [5, 5.41) is 5.03. The van der Waals surface area contributed by atoms with E-state index in [0.717, 1.165) is 17.1 Å². The van der Waals surface area contributed by atoms with E-state index in [1.165, 1.54) is 32.7 Å². The predicted molar refractivity (Wildman–Crippen MR) is 142 cm³/mol. The molecule has 0 radical (unpaired) electrons. The Morgan fingerprint density at radius 1 is 0.364 bits per heavy atom. The zero-order valence-corrected chi connectivity index (χ0v) is 18.2. The van der Waals surface area contributed by atoms with Gasteiger partial charge in [-0.3, -0.25) is 0 Å². The van der Waals surface area contributed by atoms with E-state index in [9.17, 15) is 0 Å². The Bertz CT molecular complexity index is 1540. The number of benzene rings is 6. The number of fused-ring (bicyclic) bond motifs is 2. The molecule has 0 saturated carbocycles. The highest BCUT2D eigenvalue weighted by Gasteiger charge is 2.13. The molecule has 0 amide bonds. The Labute approximate surface area is 194 Å². The number of anilines is 3. The van der Waals surface area contributed by atoms with Gasteiger partial charge in [-0.1, -0.05) is 103 Å². The van der Waals surface area contributed by atoms with Crippen LogP contribution < -0.4 is 4.90 Å². The molecule has 0 aliphatic heterocycles. The molecule has 1 heteroatoms. The van der Waals surface area contributed by atoms with E-state index >= 15 is 0 Å².